The predicted octanol–water partition coefficient (Wildman–Crippen LogP) is 12.1. The average molecular weight is 661 g/mol. The number of hydrogen-bond acceptors (Lipinski definition) is 3. The van der Waals surface area contributed by atoms with E-state index in [1.165, 1.54) is 5.57 Å². The molecule has 1 aliphatic heterocycles. The number of furan rings is 1. The highest BCUT2D eigenvalue weighted by Gasteiger charge is 2.25. The zero-order valence-corrected chi connectivity index (χ0v) is 28.2. The number of nitrogens with zero attached hydrogens (tertiary/aromatic N) is 1. The van der Waals surface area contributed by atoms with Crippen LogP contribution in [-0.4, -0.2) is 5.84 Å². The number of hydrogen-bond donors (Lipinski definition) is 1. The van der Waals surface area contributed by atoms with Crippen LogP contribution in [0.4, 0.5) is 0 Å². The van der Waals surface area contributed by atoms with Crippen molar-refractivity contribution in [2.75, 3.05) is 0 Å². The van der Waals surface area contributed by atoms with E-state index in [0.717, 1.165) is 103 Å². The molecule has 1 aliphatic carbocycles. The van der Waals surface area contributed by atoms with Crippen molar-refractivity contribution in [1.82, 2.24) is 0 Å². The third-order valence-electron chi connectivity index (χ3n) is 9.86. The minimum atomic E-state index is 0.447. The lowest BCUT2D eigenvalue weighted by atomic mass is 9.96. The molecule has 2 aliphatic rings. The fraction of sp³-hybridized carbons (Fsp3) is 0.0851. The average Bonchev–Trinajstić information content (AvgIpc) is 3.71. The third-order valence-corrected chi connectivity index (χ3v) is 9.86. The van der Waals surface area contributed by atoms with Gasteiger partial charge in [-0.3, -0.25) is 0 Å². The van der Waals surface area contributed by atoms with Gasteiger partial charge in [0.25, 0.3) is 0 Å². The van der Waals surface area contributed by atoms with Crippen molar-refractivity contribution in [2.24, 2.45) is 10.7 Å². The number of amidine groups is 1. The molecule has 0 fully saturated rings. The standard InChI is InChI=1S/C47H36N2O2/c48-47(38-21-11-16-32(29-38)31-13-3-1-4-14-31)49-45(44-30-36-15-5-2-6-25-42(36)50-44)37-20-10-18-34(28-37)33-17-9-19-35(27-33)39-23-12-24-41-40-22-7-8-26-43(40)51-46(39)41/h1,3-5,7-24,26-29H,2,6,25,30H2,(H2,48,49)/b45-44+. The largest absolute Gasteiger partial charge is 0.463 e. The van der Waals surface area contributed by atoms with E-state index in [4.69, 9.17) is 19.9 Å². The van der Waals surface area contributed by atoms with Gasteiger partial charge in [0.05, 0.1) is 0 Å². The summed E-state index contributed by atoms with van der Waals surface area (Å²) in [6.45, 7) is 0. The van der Waals surface area contributed by atoms with Crippen LogP contribution in [0.1, 0.15) is 36.8 Å². The Hall–Kier alpha value is -6.39. The van der Waals surface area contributed by atoms with Crippen LogP contribution in [0.5, 0.6) is 0 Å². The van der Waals surface area contributed by atoms with Crippen LogP contribution in [0.2, 0.25) is 0 Å². The van der Waals surface area contributed by atoms with Gasteiger partial charge in [0.15, 0.2) is 0 Å². The van der Waals surface area contributed by atoms with E-state index in [-0.39, 0.29) is 0 Å². The number of ether oxygens (including phenoxy) is 1. The Morgan fingerprint density at radius 3 is 2.16 bits per heavy atom. The molecule has 0 saturated heterocycles. The Balaban J connectivity index is 1.12. The molecule has 6 aromatic carbocycles. The van der Waals surface area contributed by atoms with E-state index < -0.39 is 0 Å². The maximum absolute atomic E-state index is 6.85. The summed E-state index contributed by atoms with van der Waals surface area (Å²) >= 11 is 0. The molecule has 0 atom stereocenters. The summed E-state index contributed by atoms with van der Waals surface area (Å²) in [4.78, 5) is 5.16. The Labute approximate surface area is 297 Å². The van der Waals surface area contributed by atoms with E-state index in [9.17, 15) is 0 Å². The molecule has 51 heavy (non-hydrogen) atoms. The van der Waals surface area contributed by atoms with Gasteiger partial charge in [-0.1, -0.05) is 133 Å². The van der Waals surface area contributed by atoms with Crippen molar-refractivity contribution >= 4 is 33.5 Å². The van der Waals surface area contributed by atoms with Crippen LogP contribution in [0.15, 0.2) is 184 Å². The molecule has 0 amide bonds. The first-order valence-corrected chi connectivity index (χ1v) is 17.6. The molecule has 2 N–H and O–H groups in total. The molecule has 0 bridgehead atoms. The first kappa shape index (κ1) is 30.7. The Morgan fingerprint density at radius 1 is 0.608 bits per heavy atom. The van der Waals surface area contributed by atoms with Crippen LogP contribution in [0.25, 0.3) is 61.0 Å². The third kappa shape index (κ3) is 5.95. The van der Waals surface area contributed by atoms with E-state index in [2.05, 4.69) is 115 Å². The van der Waals surface area contributed by atoms with Gasteiger partial charge in [0.2, 0.25) is 0 Å². The molecule has 1 aromatic heterocycles. The summed E-state index contributed by atoms with van der Waals surface area (Å²) in [7, 11) is 0. The summed E-state index contributed by atoms with van der Waals surface area (Å²) in [6.07, 6.45) is 8.21. The van der Waals surface area contributed by atoms with Gasteiger partial charge >= 0.3 is 0 Å². The lowest BCUT2D eigenvalue weighted by Gasteiger charge is -2.13. The van der Waals surface area contributed by atoms with Gasteiger partial charge in [-0.05, 0) is 70.5 Å². The number of nitrogens with two attached hydrogens (primary N) is 1. The molecule has 0 spiro atoms. The molecule has 2 heterocycles. The van der Waals surface area contributed by atoms with Crippen LogP contribution in [0.3, 0.4) is 0 Å². The van der Waals surface area contributed by atoms with Gasteiger partial charge < -0.3 is 14.9 Å². The van der Waals surface area contributed by atoms with Gasteiger partial charge in [-0.25, -0.2) is 4.99 Å². The Morgan fingerprint density at radius 2 is 1.27 bits per heavy atom. The van der Waals surface area contributed by atoms with Crippen molar-refractivity contribution in [3.8, 4) is 33.4 Å². The number of rotatable bonds is 6. The molecule has 0 unspecified atom stereocenters. The van der Waals surface area contributed by atoms with Gasteiger partial charge in [-0.15, -0.1) is 0 Å². The van der Waals surface area contributed by atoms with Crippen LogP contribution in [-0.2, 0) is 4.74 Å². The molecule has 4 nitrogen and oxygen atoms in total. The molecule has 7 aromatic rings. The second kappa shape index (κ2) is 13.1. The number of benzene rings is 6. The fourth-order valence-corrected chi connectivity index (χ4v) is 7.27. The lowest BCUT2D eigenvalue weighted by Crippen LogP contribution is -2.14. The molecule has 9 rings (SSSR count). The molecular weight excluding hydrogens is 625 g/mol. The van der Waals surface area contributed by atoms with Crippen LogP contribution < -0.4 is 5.73 Å². The summed E-state index contributed by atoms with van der Waals surface area (Å²) in [5.41, 5.74) is 19.0. The summed E-state index contributed by atoms with van der Waals surface area (Å²) in [5.74, 6) is 2.32. The first-order valence-electron chi connectivity index (χ1n) is 17.6. The highest BCUT2D eigenvalue weighted by molar-refractivity contribution is 6.09. The number of allylic oxidation sites excluding steroid dienone is 4. The maximum Gasteiger partial charge on any atom is 0.143 e. The van der Waals surface area contributed by atoms with E-state index in [1.807, 2.05) is 42.5 Å². The quantitative estimate of drug-likeness (QED) is 0.143. The normalized spacial score (nSPS) is 15.6. The topological polar surface area (TPSA) is 60.8 Å². The first-order chi connectivity index (χ1) is 25.2. The van der Waals surface area contributed by atoms with Crippen molar-refractivity contribution in [2.45, 2.75) is 25.7 Å². The minimum absolute atomic E-state index is 0.447. The van der Waals surface area contributed by atoms with Gasteiger partial charge in [0, 0.05) is 40.3 Å². The second-order valence-corrected chi connectivity index (χ2v) is 13.2. The molecule has 4 heteroatoms. The van der Waals surface area contributed by atoms with Crippen molar-refractivity contribution < 1.29 is 9.15 Å². The van der Waals surface area contributed by atoms with Crippen molar-refractivity contribution in [1.29, 1.82) is 0 Å². The molecule has 0 saturated carbocycles. The van der Waals surface area contributed by atoms with E-state index in [0.29, 0.717) is 12.3 Å². The molecular formula is C47H36N2O2. The minimum Gasteiger partial charge on any atom is -0.463 e. The lowest BCUT2D eigenvalue weighted by molar-refractivity contribution is 0.308. The number of fused-ring (bicyclic) bond motifs is 3. The van der Waals surface area contributed by atoms with Crippen molar-refractivity contribution in [3.63, 3.8) is 0 Å². The fourth-order valence-electron chi connectivity index (χ4n) is 7.27. The Bertz CT molecular complexity index is 2570. The van der Waals surface area contributed by atoms with Crippen LogP contribution >= 0.6 is 0 Å². The monoisotopic (exact) mass is 660 g/mol. The van der Waals surface area contributed by atoms with Gasteiger partial charge in [0.1, 0.15) is 34.2 Å². The van der Waals surface area contributed by atoms with Crippen LogP contribution in [0, 0.1) is 0 Å². The molecule has 246 valence electrons. The zero-order chi connectivity index (χ0) is 34.1. The van der Waals surface area contributed by atoms with Gasteiger partial charge in [-0.2, -0.15) is 0 Å². The summed E-state index contributed by atoms with van der Waals surface area (Å²) < 4.78 is 13.0. The van der Waals surface area contributed by atoms with E-state index >= 15 is 0 Å². The number of aliphatic imine (C=N–C) groups is 1. The highest BCUT2D eigenvalue weighted by Crippen LogP contribution is 2.40. The number of para-hydroxylation sites is 2. The SMILES string of the molecule is NC(=N/C(=C1\CC2=C(CCCC=C2)O1)c1cccc(-c2cccc(-c3cccc4c3oc3ccccc34)c2)c1)c1cccc(-c2ccccc2)c1. The molecule has 0 radical (unpaired) electrons. The van der Waals surface area contributed by atoms with E-state index in [1.54, 1.807) is 0 Å². The predicted molar refractivity (Wildman–Crippen MR) is 210 cm³/mol. The highest BCUT2D eigenvalue weighted by atomic mass is 16.5. The second-order valence-electron chi connectivity index (χ2n) is 13.2. The smallest absolute Gasteiger partial charge is 0.143 e. The summed E-state index contributed by atoms with van der Waals surface area (Å²) in [6, 6.07) is 50.4. The Kier molecular flexibility index (Phi) is 7.90. The maximum atomic E-state index is 6.85. The summed E-state index contributed by atoms with van der Waals surface area (Å²) in [5, 5.41) is 2.25. The zero-order valence-electron chi connectivity index (χ0n) is 28.2. The van der Waals surface area contributed by atoms with Crippen molar-refractivity contribution in [3.05, 3.63) is 186 Å².